The van der Waals surface area contributed by atoms with E-state index in [-0.39, 0.29) is 37.9 Å². The third kappa shape index (κ3) is 13.2. The topological polar surface area (TPSA) is 96.0 Å². The van der Waals surface area contributed by atoms with Crippen molar-refractivity contribution in [3.05, 3.63) is 0 Å². The molecule has 0 aliphatic rings. The fraction of sp³-hybridized carbons (Fsp3) is 1.00. The van der Waals surface area contributed by atoms with Gasteiger partial charge in [-0.3, -0.25) is 8.37 Å². The van der Waals surface area contributed by atoms with Gasteiger partial charge in [-0.2, -0.15) is 16.8 Å². The number of ether oxygens (including phenoxy) is 1. The van der Waals surface area contributed by atoms with Crippen LogP contribution in [-0.4, -0.2) is 54.8 Å². The van der Waals surface area contributed by atoms with Crippen molar-refractivity contribution >= 4 is 20.2 Å². The third-order valence-electron chi connectivity index (χ3n) is 2.48. The predicted octanol–water partition coefficient (Wildman–Crippen LogP) is 1.30. The van der Waals surface area contributed by atoms with Crippen molar-refractivity contribution in [3.63, 3.8) is 0 Å². The second kappa shape index (κ2) is 11.4. The predicted molar refractivity (Wildman–Crippen MR) is 80.1 cm³/mol. The standard InChI is InChI=1S/C12H26O7S2/c1-3-5-11-20(13,14)18-9-7-17-8-10-19-21(15,16)12-6-4-2/h3-12H2,1-2H3. The van der Waals surface area contributed by atoms with Crippen LogP contribution in [0, 0.1) is 0 Å². The molecular formula is C12H26O7S2. The van der Waals surface area contributed by atoms with Crippen LogP contribution in [0.2, 0.25) is 0 Å². The summed E-state index contributed by atoms with van der Waals surface area (Å²) in [6.07, 6.45) is 2.69. The van der Waals surface area contributed by atoms with Gasteiger partial charge in [0.25, 0.3) is 20.2 Å². The van der Waals surface area contributed by atoms with Gasteiger partial charge in [-0.15, -0.1) is 0 Å². The Balaban J connectivity index is 3.61. The van der Waals surface area contributed by atoms with E-state index in [1.165, 1.54) is 0 Å². The molecule has 0 bridgehead atoms. The first-order chi connectivity index (χ1) is 9.83. The Hall–Kier alpha value is -0.220. The van der Waals surface area contributed by atoms with E-state index in [0.717, 1.165) is 12.8 Å². The highest BCUT2D eigenvalue weighted by Gasteiger charge is 2.11. The Morgan fingerprint density at radius 3 is 1.38 bits per heavy atom. The summed E-state index contributed by atoms with van der Waals surface area (Å²) in [6, 6.07) is 0. The molecule has 0 aromatic rings. The van der Waals surface area contributed by atoms with Crippen LogP contribution in [0.5, 0.6) is 0 Å². The molecule has 128 valence electrons. The lowest BCUT2D eigenvalue weighted by atomic mass is 10.4. The van der Waals surface area contributed by atoms with Gasteiger partial charge in [-0.05, 0) is 12.8 Å². The van der Waals surface area contributed by atoms with E-state index < -0.39 is 20.2 Å². The molecule has 0 heterocycles. The van der Waals surface area contributed by atoms with E-state index in [9.17, 15) is 16.8 Å². The summed E-state index contributed by atoms with van der Waals surface area (Å²) in [5, 5.41) is 0. The highest BCUT2D eigenvalue weighted by atomic mass is 32.2. The molecule has 0 unspecified atom stereocenters. The highest BCUT2D eigenvalue weighted by Crippen LogP contribution is 2.00. The molecule has 21 heavy (non-hydrogen) atoms. The average Bonchev–Trinajstić information content (AvgIpc) is 2.42. The number of rotatable bonds is 14. The SMILES string of the molecule is CCCCS(=O)(=O)OCCOCCOS(=O)(=O)CCCC. The summed E-state index contributed by atoms with van der Waals surface area (Å²) >= 11 is 0. The zero-order valence-electron chi connectivity index (χ0n) is 12.7. The number of hydrogen-bond donors (Lipinski definition) is 0. The van der Waals surface area contributed by atoms with E-state index in [2.05, 4.69) is 0 Å². The van der Waals surface area contributed by atoms with E-state index in [4.69, 9.17) is 13.1 Å². The Kier molecular flexibility index (Phi) is 11.2. The molecule has 0 radical (unpaired) electrons. The Morgan fingerprint density at radius 2 is 1.05 bits per heavy atom. The Bertz CT molecular complexity index is 400. The number of unbranched alkanes of at least 4 members (excludes halogenated alkanes) is 2. The first kappa shape index (κ1) is 20.8. The van der Waals surface area contributed by atoms with Gasteiger partial charge < -0.3 is 4.74 Å². The van der Waals surface area contributed by atoms with Gasteiger partial charge in [0.05, 0.1) is 37.9 Å². The summed E-state index contributed by atoms with van der Waals surface area (Å²) in [5.41, 5.74) is 0. The second-order valence-electron chi connectivity index (χ2n) is 4.49. The minimum Gasteiger partial charge on any atom is -0.377 e. The summed E-state index contributed by atoms with van der Waals surface area (Å²) in [7, 11) is -6.95. The zero-order valence-corrected chi connectivity index (χ0v) is 14.4. The largest absolute Gasteiger partial charge is 0.377 e. The van der Waals surface area contributed by atoms with E-state index in [1.54, 1.807) is 0 Å². The maximum atomic E-state index is 11.3. The molecule has 0 rings (SSSR count). The van der Waals surface area contributed by atoms with Crippen LogP contribution in [0.1, 0.15) is 39.5 Å². The molecule has 0 N–H and O–H groups in total. The smallest absolute Gasteiger partial charge is 0.267 e. The highest BCUT2D eigenvalue weighted by molar-refractivity contribution is 7.86. The molecule has 0 aliphatic heterocycles. The summed E-state index contributed by atoms with van der Waals surface area (Å²) in [5.74, 6) is 0.00453. The summed E-state index contributed by atoms with van der Waals surface area (Å²) in [4.78, 5) is 0. The average molecular weight is 346 g/mol. The molecule has 0 aliphatic carbocycles. The van der Waals surface area contributed by atoms with Crippen molar-refractivity contribution in [1.29, 1.82) is 0 Å². The molecule has 0 spiro atoms. The monoisotopic (exact) mass is 346 g/mol. The molecule has 0 saturated heterocycles. The molecule has 0 amide bonds. The van der Waals surface area contributed by atoms with Crippen LogP contribution in [0.4, 0.5) is 0 Å². The minimum absolute atomic E-state index is 0.00227. The Labute approximate surface area is 128 Å². The molecule has 0 fully saturated rings. The minimum atomic E-state index is -3.48. The van der Waals surface area contributed by atoms with Crippen molar-refractivity contribution in [1.82, 2.24) is 0 Å². The van der Waals surface area contributed by atoms with Gasteiger partial charge in [-0.25, -0.2) is 0 Å². The molecule has 0 saturated carbocycles. The molecule has 0 atom stereocenters. The van der Waals surface area contributed by atoms with Crippen LogP contribution >= 0.6 is 0 Å². The molecular weight excluding hydrogens is 320 g/mol. The van der Waals surface area contributed by atoms with Gasteiger partial charge in [0.15, 0.2) is 0 Å². The van der Waals surface area contributed by atoms with Crippen LogP contribution in [0.15, 0.2) is 0 Å². The summed E-state index contributed by atoms with van der Waals surface area (Å²) < 4.78 is 59.8. The van der Waals surface area contributed by atoms with Crippen molar-refractivity contribution in [2.75, 3.05) is 37.9 Å². The first-order valence-corrected chi connectivity index (χ1v) is 10.3. The quantitative estimate of drug-likeness (QED) is 0.345. The van der Waals surface area contributed by atoms with Crippen molar-refractivity contribution < 1.29 is 29.9 Å². The summed E-state index contributed by atoms with van der Waals surface area (Å²) in [6.45, 7) is 3.79. The lowest BCUT2D eigenvalue weighted by Gasteiger charge is -2.07. The van der Waals surface area contributed by atoms with Crippen molar-refractivity contribution in [2.45, 2.75) is 39.5 Å². The fourth-order valence-electron chi connectivity index (χ4n) is 1.30. The van der Waals surface area contributed by atoms with E-state index in [0.29, 0.717) is 12.8 Å². The van der Waals surface area contributed by atoms with Crippen molar-refractivity contribution in [2.24, 2.45) is 0 Å². The van der Waals surface area contributed by atoms with Crippen LogP contribution in [0.3, 0.4) is 0 Å². The maximum absolute atomic E-state index is 11.3. The molecule has 0 aromatic heterocycles. The van der Waals surface area contributed by atoms with Gasteiger partial charge >= 0.3 is 0 Å². The molecule has 7 nitrogen and oxygen atoms in total. The van der Waals surface area contributed by atoms with Gasteiger partial charge in [-0.1, -0.05) is 26.7 Å². The second-order valence-corrected chi connectivity index (χ2v) is 8.01. The molecule has 0 aromatic carbocycles. The van der Waals surface area contributed by atoms with Crippen LogP contribution in [-0.2, 0) is 33.3 Å². The van der Waals surface area contributed by atoms with Crippen LogP contribution in [0.25, 0.3) is 0 Å². The normalized spacial score (nSPS) is 12.7. The molecule has 9 heteroatoms. The van der Waals surface area contributed by atoms with Gasteiger partial charge in [0.1, 0.15) is 0 Å². The van der Waals surface area contributed by atoms with E-state index in [1.807, 2.05) is 13.8 Å². The van der Waals surface area contributed by atoms with Crippen molar-refractivity contribution in [3.8, 4) is 0 Å². The lowest BCUT2D eigenvalue weighted by Crippen LogP contribution is -2.17. The first-order valence-electron chi connectivity index (χ1n) is 7.15. The number of hydrogen-bond acceptors (Lipinski definition) is 7. The van der Waals surface area contributed by atoms with Gasteiger partial charge in [0, 0.05) is 0 Å². The third-order valence-corrected chi connectivity index (χ3v) is 5.11. The Morgan fingerprint density at radius 1 is 0.667 bits per heavy atom. The lowest BCUT2D eigenvalue weighted by molar-refractivity contribution is 0.0794. The maximum Gasteiger partial charge on any atom is 0.267 e. The zero-order chi connectivity index (χ0) is 16.2. The van der Waals surface area contributed by atoms with E-state index >= 15 is 0 Å². The van der Waals surface area contributed by atoms with Crippen LogP contribution < -0.4 is 0 Å². The fourth-order valence-corrected chi connectivity index (χ4v) is 3.47. The van der Waals surface area contributed by atoms with Gasteiger partial charge in [0.2, 0.25) is 0 Å².